The number of hydrogen-bond acceptors (Lipinski definition) is 3. The first-order valence-corrected chi connectivity index (χ1v) is 9.23. The third-order valence-corrected chi connectivity index (χ3v) is 4.38. The quantitative estimate of drug-likeness (QED) is 0.324. The second-order valence-corrected chi connectivity index (χ2v) is 7.38. The number of rotatable bonds is 9. The van der Waals surface area contributed by atoms with Gasteiger partial charge in [0, 0.05) is 25.8 Å². The van der Waals surface area contributed by atoms with E-state index < -0.39 is 0 Å². The van der Waals surface area contributed by atoms with Crippen LogP contribution in [0.1, 0.15) is 44.7 Å². The van der Waals surface area contributed by atoms with Gasteiger partial charge < -0.3 is 20.1 Å². The lowest BCUT2D eigenvalue weighted by atomic mass is 10.1. The van der Waals surface area contributed by atoms with Gasteiger partial charge in [-0.15, -0.1) is 24.0 Å². The molecule has 0 atom stereocenters. The molecule has 6 heteroatoms. The van der Waals surface area contributed by atoms with E-state index in [-0.39, 0.29) is 29.6 Å². The Kier molecular flexibility index (Phi) is 9.71. The van der Waals surface area contributed by atoms with Gasteiger partial charge in [0.1, 0.15) is 5.75 Å². The molecule has 0 unspecified atom stereocenters. The molecule has 2 rings (SSSR count). The zero-order chi connectivity index (χ0) is 18.3. The predicted octanol–water partition coefficient (Wildman–Crippen LogP) is 3.88. The van der Waals surface area contributed by atoms with Crippen molar-refractivity contribution in [3.8, 4) is 5.75 Å². The summed E-state index contributed by atoms with van der Waals surface area (Å²) in [4.78, 5) is 4.71. The third-order valence-electron chi connectivity index (χ3n) is 4.38. The molecule has 1 aliphatic carbocycles. The second-order valence-electron chi connectivity index (χ2n) is 7.38. The lowest BCUT2D eigenvalue weighted by molar-refractivity contribution is 0.0268. The first-order valence-electron chi connectivity index (χ1n) is 9.23. The Morgan fingerprint density at radius 1 is 1.27 bits per heavy atom. The van der Waals surface area contributed by atoms with Crippen molar-refractivity contribution >= 4 is 29.9 Å². The smallest absolute Gasteiger partial charge is 0.191 e. The van der Waals surface area contributed by atoms with Crippen LogP contribution in [0.15, 0.2) is 23.2 Å². The van der Waals surface area contributed by atoms with Crippen LogP contribution in [-0.2, 0) is 11.3 Å². The molecule has 2 N–H and O–H groups in total. The average Bonchev–Trinajstić information content (AvgIpc) is 3.41. The Morgan fingerprint density at radius 3 is 2.62 bits per heavy atom. The molecular weight excluding hydrogens is 441 g/mol. The summed E-state index contributed by atoms with van der Waals surface area (Å²) in [7, 11) is 1.72. The standard InChI is InChI=1S/C20H33N3O2.HI/c1-6-21-19(23-14-20(3,4)24-5)22-12-17-10-7-15(2)11-18(17)25-13-16-8-9-16;/h7,10-11,16H,6,8-9,12-14H2,1-5H3,(H2,21,22,23);1H. The van der Waals surface area contributed by atoms with Gasteiger partial charge in [-0.25, -0.2) is 4.99 Å². The molecule has 0 amide bonds. The van der Waals surface area contributed by atoms with Crippen LogP contribution in [0.3, 0.4) is 0 Å². The minimum Gasteiger partial charge on any atom is -0.493 e. The van der Waals surface area contributed by atoms with Crippen molar-refractivity contribution in [3.63, 3.8) is 0 Å². The van der Waals surface area contributed by atoms with E-state index in [0.717, 1.165) is 36.3 Å². The zero-order valence-electron chi connectivity index (χ0n) is 16.7. The fraction of sp³-hybridized carbons (Fsp3) is 0.650. The zero-order valence-corrected chi connectivity index (χ0v) is 19.1. The molecule has 1 aromatic rings. The SMILES string of the molecule is CCNC(=NCc1ccc(C)cc1OCC1CC1)NCC(C)(C)OC.I. The summed E-state index contributed by atoms with van der Waals surface area (Å²) in [5.74, 6) is 2.50. The molecule has 148 valence electrons. The van der Waals surface area contributed by atoms with E-state index in [2.05, 4.69) is 42.7 Å². The number of benzene rings is 1. The number of nitrogens with one attached hydrogen (secondary N) is 2. The molecule has 0 aromatic heterocycles. The van der Waals surface area contributed by atoms with Gasteiger partial charge in [0.2, 0.25) is 0 Å². The van der Waals surface area contributed by atoms with Gasteiger partial charge in [-0.3, -0.25) is 0 Å². The molecule has 26 heavy (non-hydrogen) atoms. The lowest BCUT2D eigenvalue weighted by Gasteiger charge is -2.24. The van der Waals surface area contributed by atoms with E-state index in [9.17, 15) is 0 Å². The topological polar surface area (TPSA) is 54.9 Å². The number of methoxy groups -OCH3 is 1. The number of nitrogens with zero attached hydrogens (tertiary/aromatic N) is 1. The van der Waals surface area contributed by atoms with Gasteiger partial charge in [-0.2, -0.15) is 0 Å². The molecule has 0 saturated heterocycles. The van der Waals surface area contributed by atoms with Crippen LogP contribution in [0, 0.1) is 12.8 Å². The average molecular weight is 475 g/mol. The van der Waals surface area contributed by atoms with Crippen LogP contribution in [0.25, 0.3) is 0 Å². The second kappa shape index (κ2) is 11.0. The summed E-state index contributed by atoms with van der Waals surface area (Å²) in [5.41, 5.74) is 2.10. The normalized spacial score (nSPS) is 14.6. The Morgan fingerprint density at radius 2 is 2.00 bits per heavy atom. The molecule has 0 radical (unpaired) electrons. The highest BCUT2D eigenvalue weighted by Crippen LogP contribution is 2.30. The Balaban J connectivity index is 0.00000338. The largest absolute Gasteiger partial charge is 0.493 e. The van der Waals surface area contributed by atoms with E-state index in [4.69, 9.17) is 14.5 Å². The number of guanidine groups is 1. The van der Waals surface area contributed by atoms with Crippen LogP contribution in [0.5, 0.6) is 5.75 Å². The fourth-order valence-corrected chi connectivity index (χ4v) is 2.29. The van der Waals surface area contributed by atoms with E-state index in [1.165, 1.54) is 18.4 Å². The fourth-order valence-electron chi connectivity index (χ4n) is 2.29. The molecule has 1 aromatic carbocycles. The number of aliphatic imine (C=N–C) groups is 1. The van der Waals surface area contributed by atoms with Gasteiger partial charge in [0.05, 0.1) is 18.8 Å². The molecule has 1 saturated carbocycles. The Bertz CT molecular complexity index is 586. The highest BCUT2D eigenvalue weighted by Gasteiger charge is 2.22. The molecule has 0 spiro atoms. The van der Waals surface area contributed by atoms with E-state index in [0.29, 0.717) is 13.1 Å². The van der Waals surface area contributed by atoms with Crippen molar-refractivity contribution in [2.45, 2.75) is 52.7 Å². The van der Waals surface area contributed by atoms with Gasteiger partial charge in [-0.05, 0) is 58.1 Å². The number of aryl methyl sites for hydroxylation is 1. The van der Waals surface area contributed by atoms with Crippen LogP contribution in [-0.4, -0.2) is 38.4 Å². The van der Waals surface area contributed by atoms with Crippen molar-refractivity contribution < 1.29 is 9.47 Å². The highest BCUT2D eigenvalue weighted by molar-refractivity contribution is 14.0. The van der Waals surface area contributed by atoms with Crippen molar-refractivity contribution in [3.05, 3.63) is 29.3 Å². The maximum Gasteiger partial charge on any atom is 0.191 e. The highest BCUT2D eigenvalue weighted by atomic mass is 127. The van der Waals surface area contributed by atoms with Crippen LogP contribution in [0.2, 0.25) is 0 Å². The lowest BCUT2D eigenvalue weighted by Crippen LogP contribution is -2.45. The summed E-state index contributed by atoms with van der Waals surface area (Å²) in [6, 6.07) is 6.34. The molecule has 0 bridgehead atoms. The molecular formula is C20H34IN3O2. The predicted molar refractivity (Wildman–Crippen MR) is 119 cm³/mol. The molecule has 0 aliphatic heterocycles. The summed E-state index contributed by atoms with van der Waals surface area (Å²) < 4.78 is 11.5. The summed E-state index contributed by atoms with van der Waals surface area (Å²) >= 11 is 0. The maximum atomic E-state index is 6.04. The van der Waals surface area contributed by atoms with Crippen LogP contribution >= 0.6 is 24.0 Å². The van der Waals surface area contributed by atoms with Crippen molar-refractivity contribution in [1.82, 2.24) is 10.6 Å². The first-order chi connectivity index (χ1) is 11.9. The van der Waals surface area contributed by atoms with Gasteiger partial charge in [0.15, 0.2) is 5.96 Å². The minimum atomic E-state index is -0.238. The number of ether oxygens (including phenoxy) is 2. The molecule has 5 nitrogen and oxygen atoms in total. The third kappa shape index (κ3) is 8.12. The van der Waals surface area contributed by atoms with E-state index in [1.807, 2.05) is 13.8 Å². The van der Waals surface area contributed by atoms with Crippen LogP contribution < -0.4 is 15.4 Å². The Labute approximate surface area is 175 Å². The minimum absolute atomic E-state index is 0. The monoisotopic (exact) mass is 475 g/mol. The molecule has 1 aliphatic rings. The number of halogens is 1. The summed E-state index contributed by atoms with van der Waals surface area (Å²) in [6.45, 7) is 11.2. The summed E-state index contributed by atoms with van der Waals surface area (Å²) in [6.07, 6.45) is 2.59. The van der Waals surface area contributed by atoms with E-state index in [1.54, 1.807) is 7.11 Å². The molecule has 0 heterocycles. The van der Waals surface area contributed by atoms with Gasteiger partial charge in [0.25, 0.3) is 0 Å². The van der Waals surface area contributed by atoms with E-state index >= 15 is 0 Å². The maximum absolute atomic E-state index is 6.04. The van der Waals surface area contributed by atoms with Gasteiger partial charge in [-0.1, -0.05) is 12.1 Å². The molecule has 1 fully saturated rings. The first kappa shape index (κ1) is 23.0. The van der Waals surface area contributed by atoms with Gasteiger partial charge >= 0.3 is 0 Å². The van der Waals surface area contributed by atoms with Crippen molar-refractivity contribution in [1.29, 1.82) is 0 Å². The van der Waals surface area contributed by atoms with Crippen LogP contribution in [0.4, 0.5) is 0 Å². The van der Waals surface area contributed by atoms with Crippen molar-refractivity contribution in [2.75, 3.05) is 26.8 Å². The number of hydrogen-bond donors (Lipinski definition) is 2. The Hall–Kier alpha value is -1.02. The summed E-state index contributed by atoms with van der Waals surface area (Å²) in [5, 5.41) is 6.63. The van der Waals surface area contributed by atoms with Crippen molar-refractivity contribution in [2.24, 2.45) is 10.9 Å².